The summed E-state index contributed by atoms with van der Waals surface area (Å²) in [5.74, 6) is -0.472. The number of carbonyl (C=O) groups is 2. The minimum Gasteiger partial charge on any atom is -0.491 e. The largest absolute Gasteiger partial charge is 0.573 e. The molecule has 190 valence electrons. The van der Waals surface area contributed by atoms with Crippen molar-refractivity contribution in [3.05, 3.63) is 83.8 Å². The predicted octanol–water partition coefficient (Wildman–Crippen LogP) is 4.46. The molecule has 1 atom stereocenters. The van der Waals surface area contributed by atoms with E-state index in [1.807, 2.05) is 0 Å². The van der Waals surface area contributed by atoms with E-state index in [-0.39, 0.29) is 30.9 Å². The fourth-order valence-corrected chi connectivity index (χ4v) is 4.71. The first-order valence-corrected chi connectivity index (χ1v) is 11.2. The number of carbonyl (C=O) groups excluding carboxylic acids is 2. The predicted molar refractivity (Wildman–Crippen MR) is 125 cm³/mol. The van der Waals surface area contributed by atoms with Gasteiger partial charge >= 0.3 is 6.36 Å². The number of pyridine rings is 1. The maximum atomic E-state index is 13.9. The van der Waals surface area contributed by atoms with Gasteiger partial charge in [0.25, 0.3) is 12.4 Å². The standard InChI is InChI=1S/C26H20F3N3O5/c1-32-19-6-3-2-5-18(19)22(36-15-33)21(32)24(34)31-25(12-14-35-20-7-4-13-30-23(20)25)16-8-10-17(11-9-16)37-26(27,28)29/h2-11,13,15H,12,14H2,1H3,(H,31,34). The molecule has 4 aromatic rings. The molecule has 1 aliphatic rings. The quantitative estimate of drug-likeness (QED) is 0.385. The monoisotopic (exact) mass is 511 g/mol. The van der Waals surface area contributed by atoms with Crippen LogP contribution in [0.2, 0.25) is 0 Å². The Bertz CT molecular complexity index is 1480. The molecule has 0 radical (unpaired) electrons. The van der Waals surface area contributed by atoms with Gasteiger partial charge in [-0.05, 0) is 42.0 Å². The average Bonchev–Trinajstić information content (AvgIpc) is 3.15. The van der Waals surface area contributed by atoms with Crippen molar-refractivity contribution in [2.75, 3.05) is 6.61 Å². The highest BCUT2D eigenvalue weighted by atomic mass is 19.4. The molecule has 1 unspecified atom stereocenters. The third kappa shape index (κ3) is 4.32. The number of fused-ring (bicyclic) bond motifs is 2. The number of halogens is 3. The molecule has 11 heteroatoms. The number of nitrogens with zero attached hydrogens (tertiary/aromatic N) is 2. The van der Waals surface area contributed by atoms with E-state index in [0.717, 1.165) is 0 Å². The summed E-state index contributed by atoms with van der Waals surface area (Å²) in [7, 11) is 1.67. The minimum absolute atomic E-state index is 0.0861. The highest BCUT2D eigenvalue weighted by Gasteiger charge is 2.43. The molecule has 3 heterocycles. The first-order chi connectivity index (χ1) is 17.7. The van der Waals surface area contributed by atoms with Crippen molar-refractivity contribution in [1.29, 1.82) is 0 Å². The van der Waals surface area contributed by atoms with Gasteiger partial charge in [-0.1, -0.05) is 24.3 Å². The molecule has 2 aromatic heterocycles. The van der Waals surface area contributed by atoms with Crippen LogP contribution in [-0.4, -0.2) is 34.9 Å². The number of amides is 1. The van der Waals surface area contributed by atoms with Crippen LogP contribution in [0.15, 0.2) is 66.9 Å². The van der Waals surface area contributed by atoms with Crippen LogP contribution >= 0.6 is 0 Å². The molecular weight excluding hydrogens is 491 g/mol. The fraction of sp³-hybridized carbons (Fsp3) is 0.192. The van der Waals surface area contributed by atoms with E-state index in [4.69, 9.17) is 9.47 Å². The van der Waals surface area contributed by atoms with E-state index in [0.29, 0.717) is 27.9 Å². The Morgan fingerprint density at radius 3 is 2.62 bits per heavy atom. The van der Waals surface area contributed by atoms with Crippen LogP contribution in [0.1, 0.15) is 28.2 Å². The third-order valence-corrected chi connectivity index (χ3v) is 6.26. The Balaban J connectivity index is 1.63. The number of nitrogens with one attached hydrogen (secondary N) is 1. The van der Waals surface area contributed by atoms with E-state index in [2.05, 4.69) is 15.0 Å². The number of aryl methyl sites for hydroxylation is 1. The number of alkyl halides is 3. The van der Waals surface area contributed by atoms with Gasteiger partial charge in [0.2, 0.25) is 0 Å². The Morgan fingerprint density at radius 1 is 1.14 bits per heavy atom. The Morgan fingerprint density at radius 2 is 1.89 bits per heavy atom. The van der Waals surface area contributed by atoms with Crippen LogP contribution in [0.5, 0.6) is 17.2 Å². The molecule has 1 amide bonds. The normalized spacial score (nSPS) is 17.0. The van der Waals surface area contributed by atoms with E-state index >= 15 is 0 Å². The van der Waals surface area contributed by atoms with Crippen molar-refractivity contribution in [1.82, 2.24) is 14.9 Å². The zero-order valence-electron chi connectivity index (χ0n) is 19.4. The first kappa shape index (κ1) is 24.2. The van der Waals surface area contributed by atoms with Gasteiger partial charge in [0, 0.05) is 25.1 Å². The highest BCUT2D eigenvalue weighted by Crippen LogP contribution is 2.42. The zero-order valence-corrected chi connectivity index (χ0v) is 19.4. The second-order valence-corrected chi connectivity index (χ2v) is 8.35. The number of benzene rings is 2. The summed E-state index contributed by atoms with van der Waals surface area (Å²) in [6.45, 7) is 0.450. The zero-order chi connectivity index (χ0) is 26.2. The molecule has 5 rings (SSSR count). The molecule has 2 aromatic carbocycles. The van der Waals surface area contributed by atoms with Gasteiger partial charge in [-0.15, -0.1) is 13.2 Å². The van der Waals surface area contributed by atoms with E-state index in [1.54, 1.807) is 48.0 Å². The number of rotatable bonds is 6. The van der Waals surface area contributed by atoms with Crippen LogP contribution in [-0.2, 0) is 17.4 Å². The minimum atomic E-state index is -4.84. The molecule has 0 saturated carbocycles. The van der Waals surface area contributed by atoms with E-state index in [1.165, 1.54) is 30.5 Å². The van der Waals surface area contributed by atoms with Crippen molar-refractivity contribution in [2.24, 2.45) is 7.05 Å². The summed E-state index contributed by atoms with van der Waals surface area (Å²) in [4.78, 5) is 29.6. The third-order valence-electron chi connectivity index (χ3n) is 6.26. The van der Waals surface area contributed by atoms with Gasteiger partial charge in [-0.25, -0.2) is 0 Å². The van der Waals surface area contributed by atoms with Crippen LogP contribution in [0, 0.1) is 0 Å². The number of ether oxygens (including phenoxy) is 3. The highest BCUT2D eigenvalue weighted by molar-refractivity contribution is 6.05. The van der Waals surface area contributed by atoms with E-state index in [9.17, 15) is 22.8 Å². The summed E-state index contributed by atoms with van der Waals surface area (Å²) in [5.41, 5.74) is 0.342. The lowest BCUT2D eigenvalue weighted by atomic mass is 9.81. The molecule has 1 N–H and O–H groups in total. The molecule has 1 aliphatic heterocycles. The maximum absolute atomic E-state index is 13.9. The summed E-state index contributed by atoms with van der Waals surface area (Å²) in [5, 5.41) is 3.59. The van der Waals surface area contributed by atoms with Gasteiger partial charge in [-0.2, -0.15) is 0 Å². The van der Waals surface area contributed by atoms with Crippen LogP contribution in [0.3, 0.4) is 0 Å². The second-order valence-electron chi connectivity index (χ2n) is 8.35. The van der Waals surface area contributed by atoms with Crippen LogP contribution < -0.4 is 19.5 Å². The number of hydrogen-bond donors (Lipinski definition) is 1. The van der Waals surface area contributed by atoms with E-state index < -0.39 is 23.6 Å². The van der Waals surface area contributed by atoms with Crippen molar-refractivity contribution >= 4 is 23.3 Å². The smallest absolute Gasteiger partial charge is 0.491 e. The first-order valence-electron chi connectivity index (χ1n) is 11.2. The summed E-state index contributed by atoms with van der Waals surface area (Å²) < 4.78 is 54.7. The Labute approximate surface area is 208 Å². The van der Waals surface area contributed by atoms with Gasteiger partial charge in [0.15, 0.2) is 11.4 Å². The van der Waals surface area contributed by atoms with Gasteiger partial charge in [0.05, 0.1) is 12.1 Å². The summed E-state index contributed by atoms with van der Waals surface area (Å²) in [6.07, 6.45) is -3.08. The summed E-state index contributed by atoms with van der Waals surface area (Å²) >= 11 is 0. The second kappa shape index (κ2) is 9.16. The molecule has 37 heavy (non-hydrogen) atoms. The molecular formula is C26H20F3N3O5. The lowest BCUT2D eigenvalue weighted by Crippen LogP contribution is -2.50. The van der Waals surface area contributed by atoms with Gasteiger partial charge in [-0.3, -0.25) is 14.6 Å². The topological polar surface area (TPSA) is 91.7 Å². The molecule has 0 fully saturated rings. The molecule has 0 saturated heterocycles. The number of hydrogen-bond acceptors (Lipinski definition) is 6. The lowest BCUT2D eigenvalue weighted by Gasteiger charge is -2.39. The molecule has 8 nitrogen and oxygen atoms in total. The number of para-hydroxylation sites is 1. The van der Waals surface area contributed by atoms with Crippen molar-refractivity contribution in [2.45, 2.75) is 18.3 Å². The maximum Gasteiger partial charge on any atom is 0.573 e. The SMILES string of the molecule is Cn1c(C(=O)NC2(c3ccc(OC(F)(F)F)cc3)CCOc3cccnc32)c(OC=O)c2ccccc21. The molecule has 0 spiro atoms. The average molecular weight is 511 g/mol. The van der Waals surface area contributed by atoms with Crippen LogP contribution in [0.25, 0.3) is 10.9 Å². The van der Waals surface area contributed by atoms with Crippen molar-refractivity contribution < 1.29 is 37.0 Å². The lowest BCUT2D eigenvalue weighted by molar-refractivity contribution is -0.274. The van der Waals surface area contributed by atoms with Crippen molar-refractivity contribution in [3.8, 4) is 17.2 Å². The number of aromatic nitrogens is 2. The Kier molecular flexibility index (Phi) is 5.98. The van der Waals surface area contributed by atoms with Gasteiger partial charge in [0.1, 0.15) is 22.7 Å². The Hall–Kier alpha value is -4.54. The van der Waals surface area contributed by atoms with Crippen LogP contribution in [0.4, 0.5) is 13.2 Å². The fourth-order valence-electron chi connectivity index (χ4n) is 4.71. The molecule has 0 aliphatic carbocycles. The molecule has 0 bridgehead atoms. The van der Waals surface area contributed by atoms with Crippen molar-refractivity contribution in [3.63, 3.8) is 0 Å². The summed E-state index contributed by atoms with van der Waals surface area (Å²) in [6, 6.07) is 15.7. The van der Waals surface area contributed by atoms with Gasteiger partial charge < -0.3 is 24.1 Å².